The van der Waals surface area contributed by atoms with Crippen LogP contribution in [0.25, 0.3) is 0 Å². The quantitative estimate of drug-likeness (QED) is 0.0476. The van der Waals surface area contributed by atoms with Gasteiger partial charge in [0.05, 0.1) is 78.5 Å². The van der Waals surface area contributed by atoms with E-state index in [2.05, 4.69) is 0 Å². The molecule has 0 aromatic rings. The van der Waals surface area contributed by atoms with Crippen molar-refractivity contribution in [3.8, 4) is 0 Å². The van der Waals surface area contributed by atoms with Gasteiger partial charge in [-0.2, -0.15) is 0 Å². The average Bonchev–Trinajstić information content (AvgIpc) is 2.82. The monoisotopic (exact) mass is 586 g/mol. The van der Waals surface area contributed by atoms with Crippen LogP contribution in [0.5, 0.6) is 0 Å². The number of carboxylic acid groups (broad SMARTS) is 4. The van der Waals surface area contributed by atoms with Crippen molar-refractivity contribution in [2.24, 2.45) is 0 Å². The van der Waals surface area contributed by atoms with Gasteiger partial charge >= 0.3 is 35.8 Å². The number of ether oxygens (including phenoxy) is 6. The minimum Gasteiger partial charge on any atom is -0.481 e. The maximum Gasteiger partial charge on any atom is 0.336 e. The van der Waals surface area contributed by atoms with Crippen molar-refractivity contribution in [1.29, 1.82) is 0 Å². The molecule has 0 spiro atoms. The van der Waals surface area contributed by atoms with Crippen molar-refractivity contribution in [2.45, 2.75) is 36.9 Å². The predicted octanol–water partition coefficient (Wildman–Crippen LogP) is -2.50. The van der Waals surface area contributed by atoms with Crippen LogP contribution in [0, 0.1) is 0 Å². The lowest BCUT2D eigenvalue weighted by Gasteiger charge is -2.20. The maximum absolute atomic E-state index is 11.6. The molecule has 6 N–H and O–H groups in total. The number of carbonyl (C=O) groups is 6. The molecule has 0 aliphatic rings. The molecule has 0 radical (unpaired) electrons. The van der Waals surface area contributed by atoms with Gasteiger partial charge in [-0.1, -0.05) is 0 Å². The minimum absolute atomic E-state index is 0.0502. The summed E-state index contributed by atoms with van der Waals surface area (Å²) in [4.78, 5) is 66.4. The van der Waals surface area contributed by atoms with Crippen molar-refractivity contribution in [3.63, 3.8) is 0 Å². The van der Waals surface area contributed by atoms with Crippen LogP contribution >= 0.6 is 0 Å². The minimum atomic E-state index is -2.77. The van der Waals surface area contributed by atoms with Gasteiger partial charge in [-0.15, -0.1) is 0 Å². The molecule has 0 aliphatic carbocycles. The Morgan fingerprint density at radius 3 is 0.900 bits per heavy atom. The normalized spacial score (nSPS) is 13.9. The highest BCUT2D eigenvalue weighted by atomic mass is 16.6. The zero-order chi connectivity index (χ0) is 30.6. The van der Waals surface area contributed by atoms with E-state index in [0.717, 1.165) is 0 Å². The third-order valence-corrected chi connectivity index (χ3v) is 4.65. The molecule has 40 heavy (non-hydrogen) atoms. The van der Waals surface area contributed by atoms with E-state index >= 15 is 0 Å². The van der Waals surface area contributed by atoms with Crippen LogP contribution in [-0.2, 0) is 57.2 Å². The van der Waals surface area contributed by atoms with E-state index in [1.807, 2.05) is 0 Å². The van der Waals surface area contributed by atoms with E-state index < -0.39 is 72.7 Å². The van der Waals surface area contributed by atoms with Crippen LogP contribution in [0.3, 0.4) is 0 Å². The van der Waals surface area contributed by atoms with E-state index in [0.29, 0.717) is 0 Å². The first-order valence-electron chi connectivity index (χ1n) is 11.7. The first-order chi connectivity index (χ1) is 18.7. The molecule has 0 saturated heterocycles. The first kappa shape index (κ1) is 36.6. The summed E-state index contributed by atoms with van der Waals surface area (Å²) in [5.41, 5.74) is -5.54. The molecule has 230 valence electrons. The van der Waals surface area contributed by atoms with Gasteiger partial charge in [0.15, 0.2) is 11.2 Å². The van der Waals surface area contributed by atoms with E-state index in [9.17, 15) is 39.0 Å². The molecule has 18 nitrogen and oxygen atoms in total. The third kappa shape index (κ3) is 17.2. The fourth-order valence-electron chi connectivity index (χ4n) is 2.70. The Balaban J connectivity index is 3.67. The van der Waals surface area contributed by atoms with E-state index in [-0.39, 0.29) is 66.1 Å². The van der Waals surface area contributed by atoms with E-state index in [4.69, 9.17) is 48.8 Å². The number of esters is 2. The zero-order valence-electron chi connectivity index (χ0n) is 21.5. The van der Waals surface area contributed by atoms with Gasteiger partial charge in [0.1, 0.15) is 13.2 Å². The van der Waals surface area contributed by atoms with Crippen molar-refractivity contribution >= 4 is 35.8 Å². The standard InChI is InChI=1S/C22H34O18/c23-15(24)11-21(33,19(29)30)13-17(27)39-9-7-37-5-3-35-1-2-36-4-6-38-8-10-40-18(28)14-22(34,20(31)32)12-16(25)26/h33-34H,1-14H2,(H,23,24)(H,25,26)(H,29,30)(H,31,32). The molecule has 18 heteroatoms. The molecule has 0 aromatic heterocycles. The molecule has 0 aromatic carbocycles. The van der Waals surface area contributed by atoms with E-state index in [1.165, 1.54) is 0 Å². The summed E-state index contributed by atoms with van der Waals surface area (Å²) in [6.07, 6.45) is -4.40. The summed E-state index contributed by atoms with van der Waals surface area (Å²) in [6, 6.07) is 0. The van der Waals surface area contributed by atoms with Crippen LogP contribution in [0.1, 0.15) is 25.7 Å². The van der Waals surface area contributed by atoms with Gasteiger partial charge in [-0.3, -0.25) is 19.2 Å². The molecular weight excluding hydrogens is 552 g/mol. The molecule has 0 rings (SSSR count). The number of carboxylic acids is 4. The fourth-order valence-corrected chi connectivity index (χ4v) is 2.70. The largest absolute Gasteiger partial charge is 0.481 e. The maximum atomic E-state index is 11.6. The molecule has 2 atom stereocenters. The smallest absolute Gasteiger partial charge is 0.336 e. The second-order valence-electron chi connectivity index (χ2n) is 8.06. The highest BCUT2D eigenvalue weighted by molar-refractivity contribution is 5.89. The van der Waals surface area contributed by atoms with Gasteiger partial charge < -0.3 is 59.1 Å². The summed E-state index contributed by atoms with van der Waals surface area (Å²) in [6.45, 7) is 0.469. The summed E-state index contributed by atoms with van der Waals surface area (Å²) in [5.74, 6) is -9.10. The van der Waals surface area contributed by atoms with Crippen LogP contribution in [0.15, 0.2) is 0 Å². The number of hydrogen-bond donors (Lipinski definition) is 6. The highest BCUT2D eigenvalue weighted by Crippen LogP contribution is 2.18. The van der Waals surface area contributed by atoms with Gasteiger partial charge in [0.25, 0.3) is 0 Å². The molecule has 2 unspecified atom stereocenters. The summed E-state index contributed by atoms with van der Waals surface area (Å²) in [5, 5.41) is 54.5. The number of rotatable bonds is 25. The lowest BCUT2D eigenvalue weighted by molar-refractivity contribution is -0.172. The highest BCUT2D eigenvalue weighted by Gasteiger charge is 2.42. The summed E-state index contributed by atoms with van der Waals surface area (Å²) in [7, 11) is 0. The summed E-state index contributed by atoms with van der Waals surface area (Å²) < 4.78 is 30.1. The molecule has 0 heterocycles. The molecule has 0 saturated carbocycles. The van der Waals surface area contributed by atoms with Gasteiger partial charge in [0, 0.05) is 0 Å². The average molecular weight is 586 g/mol. The Morgan fingerprint density at radius 2 is 0.675 bits per heavy atom. The van der Waals surface area contributed by atoms with Crippen LogP contribution in [-0.4, -0.2) is 144 Å². The van der Waals surface area contributed by atoms with Crippen LogP contribution in [0.4, 0.5) is 0 Å². The Labute approximate surface area is 227 Å². The lowest BCUT2D eigenvalue weighted by Crippen LogP contribution is -2.43. The van der Waals surface area contributed by atoms with Crippen molar-refractivity contribution in [3.05, 3.63) is 0 Å². The van der Waals surface area contributed by atoms with Gasteiger partial charge in [0.2, 0.25) is 0 Å². The van der Waals surface area contributed by atoms with Crippen LogP contribution < -0.4 is 0 Å². The Morgan fingerprint density at radius 1 is 0.425 bits per heavy atom. The van der Waals surface area contributed by atoms with Crippen molar-refractivity contribution in [2.75, 3.05) is 66.1 Å². The lowest BCUT2D eigenvalue weighted by atomic mass is 9.96. The number of aliphatic hydroxyl groups is 2. The molecule has 0 fully saturated rings. The number of carbonyl (C=O) groups excluding carboxylic acids is 2. The Kier molecular flexibility index (Phi) is 17.9. The molecule has 0 bridgehead atoms. The summed E-state index contributed by atoms with van der Waals surface area (Å²) >= 11 is 0. The predicted molar refractivity (Wildman–Crippen MR) is 124 cm³/mol. The first-order valence-corrected chi connectivity index (χ1v) is 11.7. The van der Waals surface area contributed by atoms with Gasteiger partial charge in [-0.05, 0) is 0 Å². The van der Waals surface area contributed by atoms with Crippen molar-refractivity contribution in [1.82, 2.24) is 0 Å². The molecule has 0 aliphatic heterocycles. The molecule has 0 amide bonds. The zero-order valence-corrected chi connectivity index (χ0v) is 21.5. The topological polar surface area (TPSA) is 279 Å². The molecular formula is C22H34O18. The number of aliphatic carboxylic acids is 4. The third-order valence-electron chi connectivity index (χ3n) is 4.65. The van der Waals surface area contributed by atoms with Crippen molar-refractivity contribution < 1.29 is 87.8 Å². The van der Waals surface area contributed by atoms with Crippen LogP contribution in [0.2, 0.25) is 0 Å². The fraction of sp³-hybridized carbons (Fsp3) is 0.727. The SMILES string of the molecule is O=C(O)CC(O)(CC(=O)OCCOCCOCCOCCOCCOC(=O)CC(O)(CC(=O)O)C(=O)O)C(=O)O. The van der Waals surface area contributed by atoms with Gasteiger partial charge in [-0.25, -0.2) is 9.59 Å². The second kappa shape index (κ2) is 19.6. The Bertz CT molecular complexity index is 776. The second-order valence-corrected chi connectivity index (χ2v) is 8.06. The number of hydrogen-bond acceptors (Lipinski definition) is 14. The Hall–Kier alpha value is -3.42. The van der Waals surface area contributed by atoms with E-state index in [1.54, 1.807) is 0 Å².